The van der Waals surface area contributed by atoms with Gasteiger partial charge in [-0.3, -0.25) is 4.57 Å². The molecular weight excluding hydrogens is 326 g/mol. The molecule has 0 bridgehead atoms. The van der Waals surface area contributed by atoms with Crippen LogP contribution in [0.1, 0.15) is 24.1 Å². The molecule has 1 N–H and O–H groups in total. The molecule has 4 rings (SSSR count). The Labute approximate surface area is 143 Å². The third-order valence-corrected chi connectivity index (χ3v) is 5.22. The molecule has 4 heterocycles. The van der Waals surface area contributed by atoms with Gasteiger partial charge >= 0.3 is 5.69 Å². The highest BCUT2D eigenvalue weighted by Gasteiger charge is 2.19. The Morgan fingerprint density at radius 3 is 3.21 bits per heavy atom. The van der Waals surface area contributed by atoms with Gasteiger partial charge in [0.25, 0.3) is 0 Å². The van der Waals surface area contributed by atoms with Gasteiger partial charge in [0, 0.05) is 24.8 Å². The van der Waals surface area contributed by atoms with Crippen LogP contribution in [0.5, 0.6) is 0 Å². The fourth-order valence-electron chi connectivity index (χ4n) is 2.98. The zero-order chi connectivity index (χ0) is 16.5. The van der Waals surface area contributed by atoms with Gasteiger partial charge < -0.3 is 9.14 Å². The Bertz CT molecular complexity index is 907. The largest absolute Gasteiger partial charge is 0.376 e. The topological polar surface area (TPSA) is 77.2 Å². The van der Waals surface area contributed by atoms with Gasteiger partial charge in [0.05, 0.1) is 18.3 Å². The average Bonchev–Trinajstić information content (AvgIpc) is 3.28. The quantitative estimate of drug-likeness (QED) is 0.716. The van der Waals surface area contributed by atoms with Crippen molar-refractivity contribution in [2.75, 3.05) is 6.61 Å². The first-order valence-corrected chi connectivity index (χ1v) is 9.02. The van der Waals surface area contributed by atoms with Gasteiger partial charge in [-0.15, -0.1) is 5.10 Å². The molecule has 1 atom stereocenters. The van der Waals surface area contributed by atoms with Crippen LogP contribution in [0.15, 0.2) is 34.5 Å². The summed E-state index contributed by atoms with van der Waals surface area (Å²) in [4.78, 5) is 16.6. The van der Waals surface area contributed by atoms with Crippen LogP contribution in [0.3, 0.4) is 0 Å². The minimum atomic E-state index is -0.182. The van der Waals surface area contributed by atoms with E-state index in [0.29, 0.717) is 17.5 Å². The number of nitrogens with zero attached hydrogens (tertiary/aromatic N) is 4. The maximum atomic E-state index is 12.0. The Morgan fingerprint density at radius 2 is 2.42 bits per heavy atom. The summed E-state index contributed by atoms with van der Waals surface area (Å²) < 4.78 is 9.32. The molecule has 0 amide bonds. The highest BCUT2D eigenvalue weighted by atomic mass is 32.2. The van der Waals surface area contributed by atoms with Crippen LogP contribution >= 0.6 is 11.8 Å². The number of rotatable bonds is 5. The van der Waals surface area contributed by atoms with Crippen molar-refractivity contribution in [3.8, 4) is 0 Å². The number of H-pyrrole nitrogens is 1. The molecule has 1 aliphatic heterocycles. The zero-order valence-electron chi connectivity index (χ0n) is 13.4. The summed E-state index contributed by atoms with van der Waals surface area (Å²) in [7, 11) is 0. The summed E-state index contributed by atoms with van der Waals surface area (Å²) in [6.07, 6.45) is 6.17. The molecule has 8 heteroatoms. The molecule has 126 valence electrons. The molecule has 0 saturated carbocycles. The molecule has 3 aromatic rings. The molecule has 0 radical (unpaired) electrons. The minimum Gasteiger partial charge on any atom is -0.376 e. The van der Waals surface area contributed by atoms with Crippen molar-refractivity contribution >= 4 is 17.4 Å². The Kier molecular flexibility index (Phi) is 4.15. The number of thioether (sulfide) groups is 1. The zero-order valence-corrected chi connectivity index (χ0v) is 14.3. The Morgan fingerprint density at radius 1 is 1.50 bits per heavy atom. The fourth-order valence-corrected chi connectivity index (χ4v) is 3.82. The van der Waals surface area contributed by atoms with Gasteiger partial charge in [-0.1, -0.05) is 17.8 Å². The lowest BCUT2D eigenvalue weighted by atomic mass is 10.2. The molecule has 7 nitrogen and oxygen atoms in total. The van der Waals surface area contributed by atoms with E-state index < -0.39 is 0 Å². The van der Waals surface area contributed by atoms with E-state index in [0.717, 1.165) is 36.4 Å². The van der Waals surface area contributed by atoms with E-state index in [1.807, 2.05) is 35.9 Å². The van der Waals surface area contributed by atoms with E-state index in [4.69, 9.17) is 4.74 Å². The number of pyridine rings is 1. The summed E-state index contributed by atoms with van der Waals surface area (Å²) in [5.41, 5.74) is 2.89. The molecule has 0 unspecified atom stereocenters. The smallest absolute Gasteiger partial charge is 0.344 e. The normalized spacial score (nSPS) is 17.8. The number of hydrogen-bond donors (Lipinski definition) is 1. The summed E-state index contributed by atoms with van der Waals surface area (Å²) in [6.45, 7) is 3.38. The van der Waals surface area contributed by atoms with Crippen molar-refractivity contribution in [1.82, 2.24) is 24.1 Å². The van der Waals surface area contributed by atoms with Gasteiger partial charge in [-0.05, 0) is 31.4 Å². The highest BCUT2D eigenvalue weighted by Crippen LogP contribution is 2.22. The minimum absolute atomic E-state index is 0.109. The molecule has 1 aliphatic rings. The van der Waals surface area contributed by atoms with E-state index in [-0.39, 0.29) is 11.8 Å². The first-order valence-electron chi connectivity index (χ1n) is 8.03. The Balaban J connectivity index is 1.50. The molecule has 0 aliphatic carbocycles. The van der Waals surface area contributed by atoms with Crippen LogP contribution in [-0.4, -0.2) is 36.9 Å². The maximum Gasteiger partial charge on any atom is 0.344 e. The second-order valence-electron chi connectivity index (χ2n) is 6.00. The second-order valence-corrected chi connectivity index (χ2v) is 6.94. The summed E-state index contributed by atoms with van der Waals surface area (Å²) >= 11 is 1.51. The monoisotopic (exact) mass is 345 g/mol. The van der Waals surface area contributed by atoms with Gasteiger partial charge in [0.2, 0.25) is 0 Å². The van der Waals surface area contributed by atoms with E-state index in [2.05, 4.69) is 15.2 Å². The molecule has 1 saturated heterocycles. The summed E-state index contributed by atoms with van der Waals surface area (Å²) in [5.74, 6) is 0.664. The summed E-state index contributed by atoms with van der Waals surface area (Å²) in [5, 5.41) is 7.37. The van der Waals surface area contributed by atoms with E-state index in [1.54, 1.807) is 4.57 Å². The molecular formula is C16H19N5O2S. The molecule has 1 fully saturated rings. The molecule has 0 spiro atoms. The lowest BCUT2D eigenvalue weighted by molar-refractivity contribution is 0.0941. The standard InChI is InChI=1S/C16H19N5O2S/c1-11-4-2-6-20-8-12(17-14(11)20)10-24-16-19-18-15(22)21(16)9-13-5-3-7-23-13/h2,4,6,8,13H,3,5,7,9-10H2,1H3,(H,18,22)/t13-/m1/s1. The molecule has 0 aromatic carbocycles. The van der Waals surface area contributed by atoms with Crippen LogP contribution in [0, 0.1) is 6.92 Å². The number of aromatic amines is 1. The molecule has 3 aromatic heterocycles. The highest BCUT2D eigenvalue weighted by molar-refractivity contribution is 7.98. The van der Waals surface area contributed by atoms with Gasteiger partial charge in [-0.25, -0.2) is 14.9 Å². The number of aromatic nitrogens is 5. The van der Waals surface area contributed by atoms with Crippen LogP contribution in [-0.2, 0) is 17.0 Å². The van der Waals surface area contributed by atoms with Gasteiger partial charge in [0.1, 0.15) is 5.65 Å². The summed E-state index contributed by atoms with van der Waals surface area (Å²) in [6, 6.07) is 4.06. The first kappa shape index (κ1) is 15.5. The number of aryl methyl sites for hydroxylation is 1. The van der Waals surface area contributed by atoms with Crippen LogP contribution in [0.4, 0.5) is 0 Å². The van der Waals surface area contributed by atoms with Crippen molar-refractivity contribution in [3.63, 3.8) is 0 Å². The van der Waals surface area contributed by atoms with Crippen LogP contribution in [0.25, 0.3) is 5.65 Å². The predicted molar refractivity (Wildman–Crippen MR) is 91.3 cm³/mol. The lowest BCUT2D eigenvalue weighted by Gasteiger charge is -2.10. The number of ether oxygens (including phenoxy) is 1. The Hall–Kier alpha value is -2.06. The van der Waals surface area contributed by atoms with Crippen molar-refractivity contribution in [3.05, 3.63) is 46.3 Å². The second kappa shape index (κ2) is 6.45. The van der Waals surface area contributed by atoms with Crippen LogP contribution in [0.2, 0.25) is 0 Å². The third-order valence-electron chi connectivity index (χ3n) is 4.21. The number of fused-ring (bicyclic) bond motifs is 1. The van der Waals surface area contributed by atoms with Crippen molar-refractivity contribution in [2.24, 2.45) is 0 Å². The van der Waals surface area contributed by atoms with Gasteiger partial charge in [-0.2, -0.15) is 0 Å². The van der Waals surface area contributed by atoms with Crippen molar-refractivity contribution in [1.29, 1.82) is 0 Å². The van der Waals surface area contributed by atoms with Crippen LogP contribution < -0.4 is 5.69 Å². The fraction of sp³-hybridized carbons (Fsp3) is 0.438. The molecule has 24 heavy (non-hydrogen) atoms. The lowest BCUT2D eigenvalue weighted by Crippen LogP contribution is -2.24. The van der Waals surface area contributed by atoms with Crippen molar-refractivity contribution < 1.29 is 4.74 Å². The number of hydrogen-bond acceptors (Lipinski definition) is 5. The predicted octanol–water partition coefficient (Wildman–Crippen LogP) is 2.00. The number of imidazole rings is 1. The van der Waals surface area contributed by atoms with Crippen molar-refractivity contribution in [2.45, 2.75) is 43.3 Å². The maximum absolute atomic E-state index is 12.0. The van der Waals surface area contributed by atoms with E-state index in [1.165, 1.54) is 11.8 Å². The first-order chi connectivity index (χ1) is 11.7. The average molecular weight is 345 g/mol. The van der Waals surface area contributed by atoms with E-state index >= 15 is 0 Å². The SMILES string of the molecule is Cc1cccn2cc(CSc3n[nH]c(=O)n3C[C@H]3CCCO3)nc12. The van der Waals surface area contributed by atoms with Gasteiger partial charge in [0.15, 0.2) is 5.16 Å². The van der Waals surface area contributed by atoms with E-state index in [9.17, 15) is 4.79 Å². The number of nitrogens with one attached hydrogen (secondary N) is 1. The third kappa shape index (κ3) is 2.99.